The zero-order chi connectivity index (χ0) is 10.4. The van der Waals surface area contributed by atoms with Crippen molar-refractivity contribution in [2.75, 3.05) is 18.8 Å². The lowest BCUT2D eigenvalue weighted by Gasteiger charge is -2.12. The highest BCUT2D eigenvalue weighted by Gasteiger charge is 2.20. The molecule has 0 spiro atoms. The van der Waals surface area contributed by atoms with Crippen LogP contribution >= 0.6 is 0 Å². The Kier molecular flexibility index (Phi) is 4.84. The van der Waals surface area contributed by atoms with Crippen LogP contribution < -0.4 is 10.0 Å². The van der Waals surface area contributed by atoms with Crippen molar-refractivity contribution in [3.63, 3.8) is 0 Å². The van der Waals surface area contributed by atoms with Crippen molar-refractivity contribution in [2.45, 2.75) is 38.6 Å². The Hall–Kier alpha value is -0.130. The maximum absolute atomic E-state index is 11.5. The minimum Gasteiger partial charge on any atom is -0.316 e. The molecule has 0 aromatic rings. The van der Waals surface area contributed by atoms with Crippen LogP contribution in [-0.4, -0.2) is 33.3 Å². The van der Waals surface area contributed by atoms with Gasteiger partial charge < -0.3 is 5.32 Å². The maximum atomic E-state index is 11.5. The van der Waals surface area contributed by atoms with Crippen molar-refractivity contribution in [3.05, 3.63) is 0 Å². The molecule has 0 unspecified atom stereocenters. The summed E-state index contributed by atoms with van der Waals surface area (Å²) in [6, 6.07) is 0.196. The second-order valence-corrected chi connectivity index (χ2v) is 5.65. The second-order valence-electron chi connectivity index (χ2n) is 3.77. The smallest absolute Gasteiger partial charge is 0.213 e. The monoisotopic (exact) mass is 220 g/mol. The first-order valence-electron chi connectivity index (χ1n) is 5.35. The van der Waals surface area contributed by atoms with Gasteiger partial charge in [-0.05, 0) is 19.4 Å². The third-order valence-corrected chi connectivity index (χ3v) is 3.93. The number of rotatable bonds is 6. The van der Waals surface area contributed by atoms with E-state index in [2.05, 4.69) is 10.0 Å². The van der Waals surface area contributed by atoms with Crippen LogP contribution in [0.25, 0.3) is 0 Å². The van der Waals surface area contributed by atoms with Gasteiger partial charge in [0, 0.05) is 12.6 Å². The van der Waals surface area contributed by atoms with Crippen molar-refractivity contribution >= 4 is 10.0 Å². The predicted octanol–water partition coefficient (Wildman–Crippen LogP) is 0.458. The Morgan fingerprint density at radius 1 is 1.29 bits per heavy atom. The minimum atomic E-state index is -3.05. The van der Waals surface area contributed by atoms with Crippen LogP contribution in [0.4, 0.5) is 0 Å². The molecule has 0 aromatic carbocycles. The molecule has 2 N–H and O–H groups in total. The van der Waals surface area contributed by atoms with Crippen LogP contribution in [0, 0.1) is 0 Å². The highest BCUT2D eigenvalue weighted by molar-refractivity contribution is 7.89. The fraction of sp³-hybridized carbons (Fsp3) is 1.00. The van der Waals surface area contributed by atoms with E-state index >= 15 is 0 Å². The Bertz CT molecular complexity index is 246. The summed E-state index contributed by atoms with van der Waals surface area (Å²) in [5.74, 6) is 0.192. The van der Waals surface area contributed by atoms with Crippen LogP contribution in [-0.2, 0) is 10.0 Å². The van der Waals surface area contributed by atoms with Gasteiger partial charge in [-0.25, -0.2) is 13.1 Å². The van der Waals surface area contributed by atoms with E-state index in [9.17, 15) is 8.42 Å². The van der Waals surface area contributed by atoms with Crippen molar-refractivity contribution in [1.29, 1.82) is 0 Å². The summed E-state index contributed by atoms with van der Waals surface area (Å²) in [6.07, 6.45) is 4.31. The summed E-state index contributed by atoms with van der Waals surface area (Å²) in [5.41, 5.74) is 0. The van der Waals surface area contributed by atoms with Crippen LogP contribution in [0.5, 0.6) is 0 Å². The van der Waals surface area contributed by atoms with Gasteiger partial charge in [0.05, 0.1) is 5.75 Å². The van der Waals surface area contributed by atoms with E-state index < -0.39 is 10.0 Å². The van der Waals surface area contributed by atoms with E-state index in [4.69, 9.17) is 0 Å². The molecule has 0 aliphatic heterocycles. The summed E-state index contributed by atoms with van der Waals surface area (Å²) >= 11 is 0. The van der Waals surface area contributed by atoms with Crippen LogP contribution in [0.2, 0.25) is 0 Å². The fourth-order valence-corrected chi connectivity index (χ4v) is 3.01. The zero-order valence-corrected chi connectivity index (χ0v) is 9.57. The second kappa shape index (κ2) is 5.68. The molecule has 0 atom stereocenters. The Morgan fingerprint density at radius 2 is 1.93 bits per heavy atom. The van der Waals surface area contributed by atoms with E-state index in [1.807, 2.05) is 6.92 Å². The molecule has 0 radical (unpaired) electrons. The molecule has 1 fully saturated rings. The average molecular weight is 220 g/mol. The van der Waals surface area contributed by atoms with Gasteiger partial charge >= 0.3 is 0 Å². The molecule has 0 aromatic heterocycles. The normalized spacial score (nSPS) is 18.9. The van der Waals surface area contributed by atoms with Gasteiger partial charge in [0.25, 0.3) is 0 Å². The molecular weight excluding hydrogens is 200 g/mol. The summed E-state index contributed by atoms with van der Waals surface area (Å²) in [6.45, 7) is 3.33. The first-order valence-corrected chi connectivity index (χ1v) is 7.00. The molecule has 0 heterocycles. The Labute approximate surface area is 86.5 Å². The molecular formula is C9H20N2O2S. The van der Waals surface area contributed by atoms with E-state index in [0.29, 0.717) is 6.54 Å². The van der Waals surface area contributed by atoms with Gasteiger partial charge in [0.2, 0.25) is 10.0 Å². The highest BCUT2D eigenvalue weighted by Crippen LogP contribution is 2.18. The third-order valence-electron chi connectivity index (χ3n) is 2.50. The Balaban J connectivity index is 2.26. The molecule has 5 heteroatoms. The van der Waals surface area contributed by atoms with Crippen molar-refractivity contribution < 1.29 is 8.42 Å². The van der Waals surface area contributed by atoms with Gasteiger partial charge in [-0.15, -0.1) is 0 Å². The van der Waals surface area contributed by atoms with Gasteiger partial charge in [0.1, 0.15) is 0 Å². The number of hydrogen-bond donors (Lipinski definition) is 2. The lowest BCUT2D eigenvalue weighted by molar-refractivity contribution is 0.549. The largest absolute Gasteiger partial charge is 0.316 e. The number of nitrogens with one attached hydrogen (secondary N) is 2. The first kappa shape index (κ1) is 11.9. The standard InChI is InChI=1S/C9H20N2O2S/c1-2-10-7-8-14(12,13)11-9-5-3-4-6-9/h9-11H,2-8H2,1H3. The summed E-state index contributed by atoms with van der Waals surface area (Å²) < 4.78 is 25.8. The third kappa shape index (κ3) is 4.39. The van der Waals surface area contributed by atoms with E-state index in [1.54, 1.807) is 0 Å². The molecule has 84 valence electrons. The molecule has 1 rings (SSSR count). The van der Waals surface area contributed by atoms with Gasteiger partial charge in [0.15, 0.2) is 0 Å². The molecule has 1 aliphatic carbocycles. The van der Waals surface area contributed by atoms with Crippen molar-refractivity contribution in [1.82, 2.24) is 10.0 Å². The Morgan fingerprint density at radius 3 is 2.50 bits per heavy atom. The summed E-state index contributed by atoms with van der Waals surface area (Å²) in [5, 5.41) is 3.01. The lowest BCUT2D eigenvalue weighted by Crippen LogP contribution is -2.37. The average Bonchev–Trinajstić information content (AvgIpc) is 2.56. The minimum absolute atomic E-state index is 0.192. The zero-order valence-electron chi connectivity index (χ0n) is 8.75. The molecule has 0 bridgehead atoms. The van der Waals surface area contributed by atoms with E-state index in [0.717, 1.165) is 32.2 Å². The molecule has 1 aliphatic rings. The SMILES string of the molecule is CCNCCS(=O)(=O)NC1CCCC1. The van der Waals surface area contributed by atoms with E-state index in [-0.39, 0.29) is 11.8 Å². The summed E-state index contributed by atoms with van der Waals surface area (Å²) in [4.78, 5) is 0. The number of hydrogen-bond acceptors (Lipinski definition) is 3. The van der Waals surface area contributed by atoms with Crippen LogP contribution in [0.1, 0.15) is 32.6 Å². The van der Waals surface area contributed by atoms with Crippen LogP contribution in [0.3, 0.4) is 0 Å². The maximum Gasteiger partial charge on any atom is 0.213 e. The van der Waals surface area contributed by atoms with Crippen molar-refractivity contribution in [2.24, 2.45) is 0 Å². The van der Waals surface area contributed by atoms with Crippen LogP contribution in [0.15, 0.2) is 0 Å². The quantitative estimate of drug-likeness (QED) is 0.639. The molecule has 1 saturated carbocycles. The van der Waals surface area contributed by atoms with Crippen molar-refractivity contribution in [3.8, 4) is 0 Å². The lowest BCUT2D eigenvalue weighted by atomic mass is 10.3. The molecule has 4 nitrogen and oxygen atoms in total. The fourth-order valence-electron chi connectivity index (χ4n) is 1.74. The van der Waals surface area contributed by atoms with Gasteiger partial charge in [-0.2, -0.15) is 0 Å². The van der Waals surface area contributed by atoms with Gasteiger partial charge in [-0.3, -0.25) is 0 Å². The number of sulfonamides is 1. The topological polar surface area (TPSA) is 58.2 Å². The predicted molar refractivity (Wildman–Crippen MR) is 57.7 cm³/mol. The molecule has 14 heavy (non-hydrogen) atoms. The highest BCUT2D eigenvalue weighted by atomic mass is 32.2. The van der Waals surface area contributed by atoms with E-state index in [1.165, 1.54) is 0 Å². The molecule has 0 amide bonds. The van der Waals surface area contributed by atoms with Gasteiger partial charge in [-0.1, -0.05) is 19.8 Å². The molecule has 0 saturated heterocycles. The first-order chi connectivity index (χ1) is 6.64. The summed E-state index contributed by atoms with van der Waals surface area (Å²) in [7, 11) is -3.05.